The van der Waals surface area contributed by atoms with Crippen molar-refractivity contribution in [3.05, 3.63) is 65.2 Å². The number of anilines is 1. The third-order valence-electron chi connectivity index (χ3n) is 5.54. The molecule has 0 heterocycles. The number of rotatable bonds is 9. The molecule has 0 aromatic heterocycles. The Labute approximate surface area is 191 Å². The summed E-state index contributed by atoms with van der Waals surface area (Å²) >= 11 is 0. The number of carbonyl (C=O) groups is 2. The van der Waals surface area contributed by atoms with Crippen molar-refractivity contribution in [1.82, 2.24) is 10.2 Å². The molecule has 1 atom stereocenters. The quantitative estimate of drug-likeness (QED) is 0.624. The fourth-order valence-corrected chi connectivity index (χ4v) is 4.25. The van der Waals surface area contributed by atoms with E-state index < -0.39 is 28.5 Å². The molecule has 0 radical (unpaired) electrons. The Morgan fingerprint density at radius 1 is 1.00 bits per heavy atom. The minimum absolute atomic E-state index is 0.198. The number of nitrogens with one attached hydrogen (secondary N) is 1. The zero-order valence-corrected chi connectivity index (χ0v) is 20.4. The van der Waals surface area contributed by atoms with Gasteiger partial charge in [0, 0.05) is 13.6 Å². The first kappa shape index (κ1) is 25.4. The van der Waals surface area contributed by atoms with Crippen LogP contribution in [-0.2, 0) is 26.2 Å². The number of carbonyl (C=O) groups excluding carboxylic acids is 2. The number of hydrogen-bond donors (Lipinski definition) is 1. The largest absolute Gasteiger partial charge is 0.357 e. The molecule has 0 aliphatic rings. The molecule has 7 nitrogen and oxygen atoms in total. The van der Waals surface area contributed by atoms with Gasteiger partial charge >= 0.3 is 0 Å². The van der Waals surface area contributed by atoms with Crippen molar-refractivity contribution in [2.24, 2.45) is 0 Å². The zero-order valence-electron chi connectivity index (χ0n) is 19.6. The SMILES string of the molecule is CNC(=O)[C@H](C)N(Cc1ccccc1C)C(=O)CN(c1ccc(C(C)C)cc1)S(C)(=O)=O. The van der Waals surface area contributed by atoms with Gasteiger partial charge in [-0.25, -0.2) is 8.42 Å². The molecule has 8 heteroatoms. The lowest BCUT2D eigenvalue weighted by molar-refractivity contribution is -0.139. The standard InChI is InChI=1S/C24H33N3O4S/c1-17(2)20-11-13-22(14-12-20)27(32(6,30)31)16-23(28)26(19(4)24(29)25-5)15-21-10-8-7-9-18(21)3/h7-14,17,19H,15-16H2,1-6H3,(H,25,29)/t19-/m0/s1. The molecule has 0 unspecified atom stereocenters. The highest BCUT2D eigenvalue weighted by Gasteiger charge is 2.29. The topological polar surface area (TPSA) is 86.8 Å². The maximum absolute atomic E-state index is 13.4. The Morgan fingerprint density at radius 2 is 1.59 bits per heavy atom. The van der Waals surface area contributed by atoms with Crippen molar-refractivity contribution in [1.29, 1.82) is 0 Å². The average Bonchev–Trinajstić information content (AvgIpc) is 2.75. The zero-order chi connectivity index (χ0) is 24.1. The van der Waals surface area contributed by atoms with E-state index in [2.05, 4.69) is 19.2 Å². The number of amides is 2. The summed E-state index contributed by atoms with van der Waals surface area (Å²) in [5.41, 5.74) is 3.36. The number of nitrogens with zero attached hydrogens (tertiary/aromatic N) is 2. The average molecular weight is 460 g/mol. The summed E-state index contributed by atoms with van der Waals surface area (Å²) in [5, 5.41) is 2.57. The molecule has 2 aromatic carbocycles. The molecule has 2 rings (SSSR count). The van der Waals surface area contributed by atoms with Crippen LogP contribution in [0, 0.1) is 6.92 Å². The predicted molar refractivity (Wildman–Crippen MR) is 128 cm³/mol. The Hall–Kier alpha value is -2.87. The van der Waals surface area contributed by atoms with Gasteiger partial charge in [-0.1, -0.05) is 50.2 Å². The summed E-state index contributed by atoms with van der Waals surface area (Å²) in [4.78, 5) is 27.1. The van der Waals surface area contributed by atoms with Gasteiger partial charge in [0.15, 0.2) is 0 Å². The molecule has 0 aliphatic carbocycles. The van der Waals surface area contributed by atoms with Gasteiger partial charge < -0.3 is 10.2 Å². The lowest BCUT2D eigenvalue weighted by Gasteiger charge is -2.31. The number of benzene rings is 2. The first-order valence-corrected chi connectivity index (χ1v) is 12.4. The highest BCUT2D eigenvalue weighted by atomic mass is 32.2. The molecule has 2 amide bonds. The van der Waals surface area contributed by atoms with Crippen LogP contribution in [0.4, 0.5) is 5.69 Å². The molecule has 0 spiro atoms. The van der Waals surface area contributed by atoms with Gasteiger partial charge in [-0.2, -0.15) is 0 Å². The molecule has 0 aliphatic heterocycles. The minimum atomic E-state index is -3.73. The van der Waals surface area contributed by atoms with Crippen LogP contribution in [0.25, 0.3) is 0 Å². The van der Waals surface area contributed by atoms with E-state index in [1.807, 2.05) is 43.3 Å². The second-order valence-electron chi connectivity index (χ2n) is 8.25. The molecule has 174 valence electrons. The number of likely N-dealkylation sites (N-methyl/N-ethyl adjacent to an activating group) is 1. The molecule has 32 heavy (non-hydrogen) atoms. The fraction of sp³-hybridized carbons (Fsp3) is 0.417. The highest BCUT2D eigenvalue weighted by molar-refractivity contribution is 7.92. The van der Waals surface area contributed by atoms with Crippen LogP contribution in [0.1, 0.15) is 43.4 Å². The molecule has 0 saturated carbocycles. The third kappa shape index (κ3) is 6.32. The Morgan fingerprint density at radius 3 is 2.09 bits per heavy atom. The second kappa shape index (κ2) is 10.6. The van der Waals surface area contributed by atoms with Crippen LogP contribution in [-0.4, -0.2) is 51.0 Å². The molecule has 1 N–H and O–H groups in total. The van der Waals surface area contributed by atoms with Crippen molar-refractivity contribution < 1.29 is 18.0 Å². The summed E-state index contributed by atoms with van der Waals surface area (Å²) in [6.07, 6.45) is 1.07. The van der Waals surface area contributed by atoms with Gasteiger partial charge in [0.25, 0.3) is 0 Å². The van der Waals surface area contributed by atoms with Gasteiger partial charge in [-0.15, -0.1) is 0 Å². The van der Waals surface area contributed by atoms with Crippen molar-refractivity contribution in [3.63, 3.8) is 0 Å². The smallest absolute Gasteiger partial charge is 0.244 e. The van der Waals surface area contributed by atoms with Crippen molar-refractivity contribution in [2.75, 3.05) is 24.2 Å². The summed E-state index contributed by atoms with van der Waals surface area (Å²) in [6.45, 7) is 7.48. The fourth-order valence-electron chi connectivity index (χ4n) is 3.40. The van der Waals surface area contributed by atoms with Crippen LogP contribution in [0.2, 0.25) is 0 Å². The maximum Gasteiger partial charge on any atom is 0.244 e. The van der Waals surface area contributed by atoms with Crippen LogP contribution in [0.15, 0.2) is 48.5 Å². The third-order valence-corrected chi connectivity index (χ3v) is 6.68. The van der Waals surface area contributed by atoms with Gasteiger partial charge in [0.1, 0.15) is 12.6 Å². The number of aryl methyl sites for hydroxylation is 1. The first-order chi connectivity index (χ1) is 15.0. The lowest BCUT2D eigenvalue weighted by Crippen LogP contribution is -2.50. The summed E-state index contributed by atoms with van der Waals surface area (Å²) < 4.78 is 26.2. The van der Waals surface area contributed by atoms with E-state index in [1.54, 1.807) is 19.1 Å². The molecular formula is C24H33N3O4S. The van der Waals surface area contributed by atoms with Crippen molar-refractivity contribution in [2.45, 2.75) is 46.2 Å². The minimum Gasteiger partial charge on any atom is -0.357 e. The Kier molecular flexibility index (Phi) is 8.44. The maximum atomic E-state index is 13.4. The molecule has 0 saturated heterocycles. The molecule has 0 bridgehead atoms. The predicted octanol–water partition coefficient (Wildman–Crippen LogP) is 3.05. The van der Waals surface area contributed by atoms with Crippen LogP contribution >= 0.6 is 0 Å². The van der Waals surface area contributed by atoms with Gasteiger partial charge in [-0.05, 0) is 48.6 Å². The molecule has 0 fully saturated rings. The summed E-state index contributed by atoms with van der Waals surface area (Å²) in [6, 6.07) is 14.0. The van der Waals surface area contributed by atoms with Crippen LogP contribution < -0.4 is 9.62 Å². The van der Waals surface area contributed by atoms with Gasteiger partial charge in [-0.3, -0.25) is 13.9 Å². The lowest BCUT2D eigenvalue weighted by atomic mass is 10.0. The van der Waals surface area contributed by atoms with Crippen LogP contribution in [0.3, 0.4) is 0 Å². The monoisotopic (exact) mass is 459 g/mol. The highest BCUT2D eigenvalue weighted by Crippen LogP contribution is 2.23. The second-order valence-corrected chi connectivity index (χ2v) is 10.2. The van der Waals surface area contributed by atoms with Crippen molar-refractivity contribution >= 4 is 27.5 Å². The van der Waals surface area contributed by atoms with E-state index >= 15 is 0 Å². The first-order valence-electron chi connectivity index (χ1n) is 10.6. The van der Waals surface area contributed by atoms with E-state index in [4.69, 9.17) is 0 Å². The Balaban J connectivity index is 2.38. The van der Waals surface area contributed by atoms with E-state index in [0.717, 1.165) is 27.3 Å². The normalized spacial score (nSPS) is 12.3. The van der Waals surface area contributed by atoms with Crippen molar-refractivity contribution in [3.8, 4) is 0 Å². The van der Waals surface area contributed by atoms with E-state index in [1.165, 1.54) is 11.9 Å². The Bertz CT molecular complexity index is 1050. The van der Waals surface area contributed by atoms with E-state index in [9.17, 15) is 18.0 Å². The molecule has 2 aromatic rings. The number of sulfonamides is 1. The van der Waals surface area contributed by atoms with Gasteiger partial charge in [0.2, 0.25) is 21.8 Å². The molecular weight excluding hydrogens is 426 g/mol. The van der Waals surface area contributed by atoms with Gasteiger partial charge in [0.05, 0.1) is 11.9 Å². The summed E-state index contributed by atoms with van der Waals surface area (Å²) in [5.74, 6) is -0.475. The summed E-state index contributed by atoms with van der Waals surface area (Å²) in [7, 11) is -2.22. The van der Waals surface area contributed by atoms with Crippen LogP contribution in [0.5, 0.6) is 0 Å². The van der Waals surface area contributed by atoms with E-state index in [0.29, 0.717) is 11.6 Å². The van der Waals surface area contributed by atoms with E-state index in [-0.39, 0.29) is 12.5 Å². The number of hydrogen-bond acceptors (Lipinski definition) is 4.